The Labute approximate surface area is 132 Å². The summed E-state index contributed by atoms with van der Waals surface area (Å²) in [7, 11) is 4.19. The molecule has 1 heterocycles. The maximum absolute atomic E-state index is 13.4. The summed E-state index contributed by atoms with van der Waals surface area (Å²) in [5.41, 5.74) is 0.526. The average molecular weight is 310 g/mol. The number of hydrogen-bond acceptors (Lipinski definition) is 4. The molecule has 1 saturated heterocycles. The van der Waals surface area contributed by atoms with Crippen LogP contribution in [0.15, 0.2) is 24.3 Å². The number of rotatable bonds is 7. The van der Waals surface area contributed by atoms with Crippen LogP contribution in [-0.2, 0) is 11.3 Å². The van der Waals surface area contributed by atoms with Gasteiger partial charge in [-0.05, 0) is 46.1 Å². The number of likely N-dealkylation sites (N-methyl/N-ethyl adjacent to an activating group) is 1. The summed E-state index contributed by atoms with van der Waals surface area (Å²) in [5, 5.41) is 10.1. The normalized spacial score (nSPS) is 18.8. The molecule has 0 saturated carbocycles. The van der Waals surface area contributed by atoms with Gasteiger partial charge >= 0.3 is 0 Å². The Hall–Kier alpha value is -1.01. The number of likely N-dealkylation sites (tertiary alicyclic amines) is 1. The second-order valence-corrected chi connectivity index (χ2v) is 6.23. The number of aliphatic hydroxyl groups is 1. The molecule has 1 aromatic rings. The van der Waals surface area contributed by atoms with Gasteiger partial charge in [-0.2, -0.15) is 0 Å². The number of aliphatic hydroxyl groups excluding tert-OH is 1. The predicted octanol–water partition coefficient (Wildman–Crippen LogP) is 1.73. The molecule has 1 N–H and O–H groups in total. The monoisotopic (exact) mass is 310 g/mol. The molecule has 1 unspecified atom stereocenters. The highest BCUT2D eigenvalue weighted by Gasteiger charge is 2.22. The predicted molar refractivity (Wildman–Crippen MR) is 85.2 cm³/mol. The number of nitrogens with zero attached hydrogens (tertiary/aromatic N) is 2. The van der Waals surface area contributed by atoms with Gasteiger partial charge in [-0.3, -0.25) is 0 Å². The van der Waals surface area contributed by atoms with Crippen LogP contribution >= 0.6 is 0 Å². The molecule has 0 aromatic heterocycles. The van der Waals surface area contributed by atoms with Gasteiger partial charge in [-0.25, -0.2) is 4.39 Å². The largest absolute Gasteiger partial charge is 0.389 e. The average Bonchev–Trinajstić information content (AvgIpc) is 2.50. The van der Waals surface area contributed by atoms with Crippen molar-refractivity contribution in [1.29, 1.82) is 0 Å². The first-order valence-corrected chi connectivity index (χ1v) is 7.94. The Morgan fingerprint density at radius 1 is 1.36 bits per heavy atom. The van der Waals surface area contributed by atoms with E-state index in [4.69, 9.17) is 4.74 Å². The van der Waals surface area contributed by atoms with E-state index in [1.54, 1.807) is 18.2 Å². The second-order valence-electron chi connectivity index (χ2n) is 6.23. The smallest absolute Gasteiger partial charge is 0.128 e. The molecular formula is C17H27FN2O2. The van der Waals surface area contributed by atoms with Crippen LogP contribution in [0, 0.1) is 5.82 Å². The van der Waals surface area contributed by atoms with E-state index in [1.807, 2.05) is 0 Å². The van der Waals surface area contributed by atoms with Gasteiger partial charge in [0.15, 0.2) is 0 Å². The Kier molecular flexibility index (Phi) is 6.76. The van der Waals surface area contributed by atoms with Crippen molar-refractivity contribution in [1.82, 2.24) is 9.80 Å². The molecule has 1 aliphatic rings. The van der Waals surface area contributed by atoms with E-state index in [2.05, 4.69) is 23.9 Å². The Balaban J connectivity index is 1.67. The number of hydrogen-bond donors (Lipinski definition) is 1. The van der Waals surface area contributed by atoms with Gasteiger partial charge in [-0.15, -0.1) is 0 Å². The fourth-order valence-corrected chi connectivity index (χ4v) is 2.89. The van der Waals surface area contributed by atoms with Gasteiger partial charge in [0.1, 0.15) is 5.82 Å². The number of benzene rings is 1. The molecule has 0 aliphatic carbocycles. The topological polar surface area (TPSA) is 35.9 Å². The zero-order valence-corrected chi connectivity index (χ0v) is 13.5. The third-order valence-electron chi connectivity index (χ3n) is 4.34. The quantitative estimate of drug-likeness (QED) is 0.832. The maximum Gasteiger partial charge on any atom is 0.128 e. The Morgan fingerprint density at radius 2 is 2.05 bits per heavy atom. The van der Waals surface area contributed by atoms with E-state index in [9.17, 15) is 9.50 Å². The van der Waals surface area contributed by atoms with Gasteiger partial charge in [0, 0.05) is 18.2 Å². The van der Waals surface area contributed by atoms with Crippen LogP contribution in [0.1, 0.15) is 18.4 Å². The lowest BCUT2D eigenvalue weighted by molar-refractivity contribution is 0.00216. The minimum atomic E-state index is -0.545. The van der Waals surface area contributed by atoms with Crippen molar-refractivity contribution in [2.75, 3.05) is 40.3 Å². The molecule has 4 nitrogen and oxygen atoms in total. The fraction of sp³-hybridized carbons (Fsp3) is 0.647. The van der Waals surface area contributed by atoms with Crippen molar-refractivity contribution < 1.29 is 14.2 Å². The molecule has 2 rings (SSSR count). The van der Waals surface area contributed by atoms with Crippen LogP contribution in [0.25, 0.3) is 0 Å². The molecule has 0 bridgehead atoms. The molecule has 1 aliphatic heterocycles. The van der Waals surface area contributed by atoms with Crippen LogP contribution < -0.4 is 0 Å². The molecule has 1 aromatic carbocycles. The summed E-state index contributed by atoms with van der Waals surface area (Å²) in [6, 6.07) is 7.09. The van der Waals surface area contributed by atoms with Gasteiger partial charge < -0.3 is 19.6 Å². The van der Waals surface area contributed by atoms with E-state index in [0.29, 0.717) is 18.2 Å². The van der Waals surface area contributed by atoms with Gasteiger partial charge in [0.05, 0.1) is 19.3 Å². The molecule has 0 spiro atoms. The van der Waals surface area contributed by atoms with Gasteiger partial charge in [0.2, 0.25) is 0 Å². The summed E-state index contributed by atoms with van der Waals surface area (Å²) in [6.45, 7) is 3.22. The highest BCUT2D eigenvalue weighted by molar-refractivity contribution is 5.16. The molecule has 5 heteroatoms. The van der Waals surface area contributed by atoms with E-state index in [1.165, 1.54) is 6.07 Å². The molecule has 0 amide bonds. The van der Waals surface area contributed by atoms with Crippen LogP contribution in [0.3, 0.4) is 0 Å². The van der Waals surface area contributed by atoms with Crippen molar-refractivity contribution in [2.24, 2.45) is 0 Å². The van der Waals surface area contributed by atoms with E-state index in [0.717, 1.165) is 25.9 Å². The molecule has 1 fully saturated rings. The molecule has 1 atom stereocenters. The third-order valence-corrected chi connectivity index (χ3v) is 4.34. The van der Waals surface area contributed by atoms with Crippen molar-refractivity contribution in [2.45, 2.75) is 31.6 Å². The second kappa shape index (κ2) is 8.58. The lowest BCUT2D eigenvalue weighted by Gasteiger charge is -2.35. The minimum absolute atomic E-state index is 0.196. The maximum atomic E-state index is 13.4. The van der Waals surface area contributed by atoms with Crippen LogP contribution in [0.2, 0.25) is 0 Å². The van der Waals surface area contributed by atoms with Gasteiger partial charge in [-0.1, -0.05) is 18.2 Å². The standard InChI is InChI=1S/C17H27FN2O2/c1-19-9-7-15(8-10-19)20(2)11-16(21)13-22-12-14-5-3-4-6-17(14)18/h3-6,15-16,21H,7-13H2,1-2H3. The zero-order valence-electron chi connectivity index (χ0n) is 13.5. The van der Waals surface area contributed by atoms with E-state index in [-0.39, 0.29) is 19.0 Å². The highest BCUT2D eigenvalue weighted by Crippen LogP contribution is 2.14. The number of halogens is 1. The van der Waals surface area contributed by atoms with Crippen molar-refractivity contribution in [3.05, 3.63) is 35.6 Å². The van der Waals surface area contributed by atoms with E-state index < -0.39 is 6.10 Å². The van der Waals surface area contributed by atoms with Crippen LogP contribution in [0.5, 0.6) is 0 Å². The summed E-state index contributed by atoms with van der Waals surface area (Å²) >= 11 is 0. The number of piperidine rings is 1. The summed E-state index contributed by atoms with van der Waals surface area (Å²) in [4.78, 5) is 4.54. The SMILES string of the molecule is CN1CCC(N(C)CC(O)COCc2ccccc2F)CC1. The lowest BCUT2D eigenvalue weighted by atomic mass is 10.0. The minimum Gasteiger partial charge on any atom is -0.389 e. The van der Waals surface area contributed by atoms with Crippen LogP contribution in [0.4, 0.5) is 4.39 Å². The van der Waals surface area contributed by atoms with Crippen molar-refractivity contribution in [3.8, 4) is 0 Å². The summed E-state index contributed by atoms with van der Waals surface area (Å²) < 4.78 is 18.9. The summed E-state index contributed by atoms with van der Waals surface area (Å²) in [6.07, 6.45) is 1.72. The Bertz CT molecular complexity index is 450. The zero-order chi connectivity index (χ0) is 15.9. The first-order chi connectivity index (χ1) is 10.6. The van der Waals surface area contributed by atoms with Gasteiger partial charge in [0.25, 0.3) is 0 Å². The third kappa shape index (κ3) is 5.32. The first-order valence-electron chi connectivity index (χ1n) is 7.94. The molecule has 0 radical (unpaired) electrons. The first kappa shape index (κ1) is 17.3. The molecule has 22 heavy (non-hydrogen) atoms. The van der Waals surface area contributed by atoms with E-state index >= 15 is 0 Å². The fourth-order valence-electron chi connectivity index (χ4n) is 2.89. The number of ether oxygens (including phenoxy) is 1. The van der Waals surface area contributed by atoms with Crippen molar-refractivity contribution >= 4 is 0 Å². The lowest BCUT2D eigenvalue weighted by Crippen LogP contribution is -2.45. The summed E-state index contributed by atoms with van der Waals surface area (Å²) in [5.74, 6) is -0.263. The van der Waals surface area contributed by atoms with Crippen molar-refractivity contribution in [3.63, 3.8) is 0 Å². The molecular weight excluding hydrogens is 283 g/mol. The highest BCUT2D eigenvalue weighted by atomic mass is 19.1. The molecule has 124 valence electrons. The Morgan fingerprint density at radius 3 is 2.73 bits per heavy atom. The van der Waals surface area contributed by atoms with Crippen LogP contribution in [-0.4, -0.2) is 67.4 Å².